The lowest BCUT2D eigenvalue weighted by Gasteiger charge is -2.25. The fraction of sp³-hybridized carbons (Fsp3) is 0.385. The highest BCUT2D eigenvalue weighted by Gasteiger charge is 2.26. The second-order valence-corrected chi connectivity index (χ2v) is 9.67. The Morgan fingerprint density at radius 2 is 2.00 bits per heavy atom. The van der Waals surface area contributed by atoms with E-state index in [9.17, 15) is 19.2 Å². The van der Waals surface area contributed by atoms with Crippen LogP contribution in [-0.2, 0) is 23.1 Å². The molecule has 1 unspecified atom stereocenters. The van der Waals surface area contributed by atoms with Gasteiger partial charge in [0.25, 0.3) is 5.88 Å². The zero-order chi connectivity index (χ0) is 29.1. The maximum atomic E-state index is 14.0. The van der Waals surface area contributed by atoms with Gasteiger partial charge in [0, 0.05) is 19.7 Å². The summed E-state index contributed by atoms with van der Waals surface area (Å²) in [4.78, 5) is 34.7. The largest absolute Gasteiger partial charge is 0.467 e. The number of benzene rings is 1. The van der Waals surface area contributed by atoms with Crippen molar-refractivity contribution in [1.82, 2.24) is 24.6 Å². The van der Waals surface area contributed by atoms with Crippen LogP contribution in [0.15, 0.2) is 24.4 Å². The molecule has 0 spiro atoms. The number of aryl methyl sites for hydroxylation is 1. The smallest absolute Gasteiger partial charge is 0.410 e. The van der Waals surface area contributed by atoms with Crippen LogP contribution in [0.25, 0.3) is 11.3 Å². The number of nitrogens with two attached hydrogens (primary N) is 1. The van der Waals surface area contributed by atoms with E-state index in [1.54, 1.807) is 41.8 Å². The first kappa shape index (κ1) is 28.8. The first-order valence-corrected chi connectivity index (χ1v) is 11.8. The van der Waals surface area contributed by atoms with Gasteiger partial charge >= 0.3 is 12.1 Å². The molecule has 1 atom stereocenters. The van der Waals surface area contributed by atoms with Crippen LogP contribution in [0.5, 0.6) is 5.88 Å². The Labute approximate surface area is 225 Å². The predicted octanol–water partition coefficient (Wildman–Crippen LogP) is 3.76. The summed E-state index contributed by atoms with van der Waals surface area (Å²) in [5.41, 5.74) is 6.70. The van der Waals surface area contributed by atoms with Gasteiger partial charge in [-0.1, -0.05) is 0 Å². The molecule has 0 saturated carbocycles. The Morgan fingerprint density at radius 3 is 2.62 bits per heavy atom. The SMILES string of the molecule is COC(=O)c1ccc(F)cc1C(C)Oc1nc(-c2c(C#N)nn(C)c2CN(C)C(=O)OC(C)(C)C)cnc1N. The molecule has 2 heterocycles. The fourth-order valence-electron chi connectivity index (χ4n) is 3.70. The van der Waals surface area contributed by atoms with E-state index in [2.05, 4.69) is 15.1 Å². The molecule has 0 bridgehead atoms. The van der Waals surface area contributed by atoms with Gasteiger partial charge in [0.2, 0.25) is 0 Å². The third-order valence-corrected chi connectivity index (χ3v) is 5.53. The Balaban J connectivity index is 2.00. The van der Waals surface area contributed by atoms with Gasteiger partial charge in [-0.25, -0.2) is 23.9 Å². The number of hydrogen-bond acceptors (Lipinski definition) is 10. The molecule has 3 aromatic rings. The average molecular weight is 540 g/mol. The van der Waals surface area contributed by atoms with E-state index in [-0.39, 0.29) is 40.8 Å². The number of rotatable bonds is 7. The normalized spacial score (nSPS) is 11.9. The van der Waals surface area contributed by atoms with Gasteiger partial charge in [-0.3, -0.25) is 4.68 Å². The van der Waals surface area contributed by atoms with E-state index in [0.717, 1.165) is 12.1 Å². The van der Waals surface area contributed by atoms with Crippen molar-refractivity contribution in [3.63, 3.8) is 0 Å². The molecular formula is C26H30FN7O5. The van der Waals surface area contributed by atoms with Gasteiger partial charge in [0.05, 0.1) is 42.4 Å². The van der Waals surface area contributed by atoms with Crippen molar-refractivity contribution in [2.45, 2.75) is 45.9 Å². The van der Waals surface area contributed by atoms with E-state index in [0.29, 0.717) is 11.3 Å². The number of ether oxygens (including phenoxy) is 3. The van der Waals surface area contributed by atoms with Crippen molar-refractivity contribution in [2.24, 2.45) is 7.05 Å². The van der Waals surface area contributed by atoms with Crippen molar-refractivity contribution >= 4 is 17.9 Å². The second kappa shape index (κ2) is 11.3. The minimum Gasteiger partial charge on any atom is -0.467 e. The zero-order valence-electron chi connectivity index (χ0n) is 22.8. The van der Waals surface area contributed by atoms with Gasteiger partial charge in [-0.15, -0.1) is 0 Å². The molecule has 1 amide bonds. The molecule has 39 heavy (non-hydrogen) atoms. The summed E-state index contributed by atoms with van der Waals surface area (Å²) in [6.45, 7) is 6.90. The number of anilines is 1. The predicted molar refractivity (Wildman–Crippen MR) is 138 cm³/mol. The van der Waals surface area contributed by atoms with Gasteiger partial charge in [0.1, 0.15) is 23.6 Å². The summed E-state index contributed by atoms with van der Waals surface area (Å²) < 4.78 is 31.6. The number of esters is 1. The monoisotopic (exact) mass is 539 g/mol. The van der Waals surface area contributed by atoms with Crippen LogP contribution in [0.3, 0.4) is 0 Å². The van der Waals surface area contributed by atoms with Crippen LogP contribution in [0, 0.1) is 17.1 Å². The summed E-state index contributed by atoms with van der Waals surface area (Å²) in [5.74, 6) is -1.43. The number of halogens is 1. The molecule has 0 aliphatic rings. The van der Waals surface area contributed by atoms with Crippen molar-refractivity contribution in [1.29, 1.82) is 5.26 Å². The summed E-state index contributed by atoms with van der Waals surface area (Å²) in [6.07, 6.45) is -0.0984. The lowest BCUT2D eigenvalue weighted by atomic mass is 10.0. The number of hydrogen-bond donors (Lipinski definition) is 1. The van der Waals surface area contributed by atoms with E-state index >= 15 is 0 Å². The first-order chi connectivity index (χ1) is 18.2. The molecule has 0 saturated heterocycles. The van der Waals surface area contributed by atoms with Crippen LogP contribution >= 0.6 is 0 Å². The maximum Gasteiger partial charge on any atom is 0.410 e. The summed E-state index contributed by atoms with van der Waals surface area (Å²) in [7, 11) is 4.40. The molecule has 0 fully saturated rings. The third kappa shape index (κ3) is 6.59. The topological polar surface area (TPSA) is 158 Å². The lowest BCUT2D eigenvalue weighted by molar-refractivity contribution is 0.0281. The van der Waals surface area contributed by atoms with E-state index in [4.69, 9.17) is 19.9 Å². The van der Waals surface area contributed by atoms with Gasteiger partial charge in [-0.2, -0.15) is 10.4 Å². The Kier molecular flexibility index (Phi) is 8.39. The van der Waals surface area contributed by atoms with Crippen LogP contribution in [0.1, 0.15) is 61.1 Å². The summed E-state index contributed by atoms with van der Waals surface area (Å²) >= 11 is 0. The lowest BCUT2D eigenvalue weighted by Crippen LogP contribution is -2.34. The minimum atomic E-state index is -0.885. The van der Waals surface area contributed by atoms with Crippen LogP contribution in [0.4, 0.5) is 15.0 Å². The van der Waals surface area contributed by atoms with Crippen molar-refractivity contribution in [2.75, 3.05) is 19.9 Å². The van der Waals surface area contributed by atoms with E-state index < -0.39 is 29.6 Å². The van der Waals surface area contributed by atoms with Gasteiger partial charge in [0.15, 0.2) is 11.5 Å². The third-order valence-electron chi connectivity index (χ3n) is 5.53. The fourth-order valence-corrected chi connectivity index (χ4v) is 3.70. The van der Waals surface area contributed by atoms with Gasteiger partial charge < -0.3 is 24.8 Å². The number of methoxy groups -OCH3 is 1. The highest BCUT2D eigenvalue weighted by molar-refractivity contribution is 5.91. The molecule has 12 nitrogen and oxygen atoms in total. The molecule has 2 aromatic heterocycles. The average Bonchev–Trinajstić information content (AvgIpc) is 3.18. The first-order valence-electron chi connectivity index (χ1n) is 11.8. The maximum absolute atomic E-state index is 14.0. The van der Waals surface area contributed by atoms with E-state index in [1.165, 1.54) is 29.0 Å². The number of amides is 1. The quantitative estimate of drug-likeness (QED) is 0.438. The molecule has 0 aliphatic heterocycles. The number of carbonyl (C=O) groups excluding carboxylic acids is 2. The number of aromatic nitrogens is 4. The Hall–Kier alpha value is -4.73. The molecular weight excluding hydrogens is 509 g/mol. The molecule has 1 aromatic carbocycles. The Morgan fingerprint density at radius 1 is 1.31 bits per heavy atom. The molecule has 0 aliphatic carbocycles. The molecule has 206 valence electrons. The standard InChI is InChI=1S/C26H30FN7O5/c1-14(17-10-15(27)8-9-16(17)24(35)37-7)38-23-22(29)30-12-19(31-23)21-18(11-28)32-34(6)20(21)13-33(5)25(36)39-26(2,3)4/h8-10,12,14H,13H2,1-7H3,(H2,29,30). The number of nitriles is 1. The zero-order valence-corrected chi connectivity index (χ0v) is 22.8. The van der Waals surface area contributed by atoms with Crippen LogP contribution in [0.2, 0.25) is 0 Å². The number of nitrogen functional groups attached to an aromatic ring is 1. The molecule has 3 rings (SSSR count). The highest BCUT2D eigenvalue weighted by atomic mass is 19.1. The molecule has 13 heteroatoms. The molecule has 0 radical (unpaired) electrons. The Bertz CT molecular complexity index is 1440. The van der Waals surface area contributed by atoms with Crippen molar-refractivity contribution in [3.8, 4) is 23.2 Å². The van der Waals surface area contributed by atoms with Crippen molar-refractivity contribution in [3.05, 3.63) is 52.7 Å². The minimum absolute atomic E-state index is 0.0415. The van der Waals surface area contributed by atoms with E-state index in [1.807, 2.05) is 6.07 Å². The summed E-state index contributed by atoms with van der Waals surface area (Å²) in [5, 5.41) is 14.0. The molecule has 2 N–H and O–H groups in total. The summed E-state index contributed by atoms with van der Waals surface area (Å²) in [6, 6.07) is 5.62. The van der Waals surface area contributed by atoms with Crippen LogP contribution in [-0.4, -0.2) is 56.5 Å². The van der Waals surface area contributed by atoms with Crippen LogP contribution < -0.4 is 10.5 Å². The van der Waals surface area contributed by atoms with Gasteiger partial charge in [-0.05, 0) is 45.9 Å². The number of carbonyl (C=O) groups is 2. The highest BCUT2D eigenvalue weighted by Crippen LogP contribution is 2.32. The second-order valence-electron chi connectivity index (χ2n) is 9.67. The number of nitrogens with zero attached hydrogens (tertiary/aromatic N) is 6. The van der Waals surface area contributed by atoms with Crippen molar-refractivity contribution < 1.29 is 28.2 Å².